The first-order chi connectivity index (χ1) is 25.6. The molecule has 21 heteroatoms. The van der Waals surface area contributed by atoms with Crippen LogP contribution in [0, 0.1) is 0 Å². The predicted molar refractivity (Wildman–Crippen MR) is 205 cm³/mol. The number of anilines is 1. The summed E-state index contributed by atoms with van der Waals surface area (Å²) >= 11 is 6.54. The van der Waals surface area contributed by atoms with Crippen molar-refractivity contribution in [3.05, 3.63) is 17.3 Å². The maximum Gasteiger partial charge on any atom is 0.416 e. The fourth-order valence-electron chi connectivity index (χ4n) is 6.69. The summed E-state index contributed by atoms with van der Waals surface area (Å²) in [5.41, 5.74) is -0.417. The molecule has 306 valence electrons. The lowest BCUT2D eigenvalue weighted by atomic mass is 9.91. The van der Waals surface area contributed by atoms with Crippen LogP contribution >= 0.6 is 18.7 Å². The Bertz CT molecular complexity index is 1890. The van der Waals surface area contributed by atoms with Crippen LogP contribution in [0.25, 0.3) is 11.0 Å². The molecule has 0 bridgehead atoms. The van der Waals surface area contributed by atoms with Crippen LogP contribution in [0.15, 0.2) is 6.20 Å². The standard InChI is InChI=1S/C34H55ClN9O9PSi/c1-32(2,3)53-31(46)43(21-12-11-13-21)27-22-17-36-44(28(22)38-30(35)37-27)29-26-25(51-33(4,5)52-26)23(50-29)18-49-34(19-45,54(6,7)47)16-24-39-41-42(40-24)20-48-14-15-55(8,9)10/h17,21,23,25-26,29,45H,11-16,18-20H2,1-10H3/t23-,25-,26-,29-,34-/m1/s1. The highest BCUT2D eigenvalue weighted by Gasteiger charge is 2.57. The quantitative estimate of drug-likeness (QED) is 0.0922. The third-order valence-electron chi connectivity index (χ3n) is 9.91. The van der Waals surface area contributed by atoms with Crippen molar-refractivity contribution in [3.8, 4) is 0 Å². The maximum atomic E-state index is 13.9. The normalized spacial score (nSPS) is 24.1. The molecule has 3 fully saturated rings. The Morgan fingerprint density at radius 1 is 1.16 bits per heavy atom. The van der Waals surface area contributed by atoms with Gasteiger partial charge < -0.3 is 38.1 Å². The summed E-state index contributed by atoms with van der Waals surface area (Å²) in [6.45, 7) is 18.9. The zero-order valence-corrected chi connectivity index (χ0v) is 36.0. The number of ether oxygens (including phenoxy) is 6. The molecule has 0 radical (unpaired) electrons. The fraction of sp³-hybridized carbons (Fsp3) is 0.794. The van der Waals surface area contributed by atoms with E-state index in [1.807, 2.05) is 20.8 Å². The number of aliphatic hydroxyl groups excluding tert-OH is 1. The molecule has 1 N–H and O–H groups in total. The average molecular weight is 828 g/mol. The molecule has 1 aliphatic carbocycles. The molecule has 0 unspecified atom stereocenters. The van der Waals surface area contributed by atoms with E-state index in [1.54, 1.807) is 43.0 Å². The first kappa shape index (κ1) is 42.0. The zero-order valence-electron chi connectivity index (χ0n) is 33.4. The van der Waals surface area contributed by atoms with Crippen molar-refractivity contribution in [2.24, 2.45) is 0 Å². The molecule has 18 nitrogen and oxygen atoms in total. The van der Waals surface area contributed by atoms with Crippen molar-refractivity contribution in [1.82, 2.24) is 40.0 Å². The second-order valence-corrected chi connectivity index (χ2v) is 27.1. The van der Waals surface area contributed by atoms with Gasteiger partial charge in [-0.1, -0.05) is 19.6 Å². The number of aliphatic hydroxyl groups is 1. The molecule has 0 aromatic carbocycles. The van der Waals surface area contributed by atoms with Crippen LogP contribution in [0.5, 0.6) is 0 Å². The van der Waals surface area contributed by atoms with Crippen molar-refractivity contribution < 1.29 is 42.9 Å². The number of aromatic nitrogens is 8. The van der Waals surface area contributed by atoms with Gasteiger partial charge in [-0.05, 0) is 90.1 Å². The van der Waals surface area contributed by atoms with Crippen LogP contribution in [0.1, 0.15) is 65.9 Å². The van der Waals surface area contributed by atoms with E-state index >= 15 is 0 Å². The highest BCUT2D eigenvalue weighted by Crippen LogP contribution is 2.54. The predicted octanol–water partition coefficient (Wildman–Crippen LogP) is 5.06. The van der Waals surface area contributed by atoms with Crippen LogP contribution in [0.3, 0.4) is 0 Å². The molecular formula is C34H55ClN9O9PSi. The van der Waals surface area contributed by atoms with Crippen LogP contribution in [-0.2, 0) is 46.1 Å². The van der Waals surface area contributed by atoms with Gasteiger partial charge in [-0.25, -0.2) is 9.48 Å². The molecule has 1 amide bonds. The lowest BCUT2D eigenvalue weighted by Crippen LogP contribution is -2.47. The van der Waals surface area contributed by atoms with Crippen molar-refractivity contribution in [2.45, 2.75) is 140 Å². The number of halogens is 1. The van der Waals surface area contributed by atoms with Gasteiger partial charge in [0.15, 0.2) is 41.4 Å². The van der Waals surface area contributed by atoms with E-state index in [-0.39, 0.29) is 42.7 Å². The summed E-state index contributed by atoms with van der Waals surface area (Å²) in [4.78, 5) is 25.4. The minimum Gasteiger partial charge on any atom is -0.443 e. The number of nitrogens with zero attached hydrogens (tertiary/aromatic N) is 9. The minimum atomic E-state index is -3.20. The van der Waals surface area contributed by atoms with Crippen molar-refractivity contribution in [1.29, 1.82) is 0 Å². The summed E-state index contributed by atoms with van der Waals surface area (Å²) in [6, 6.07) is 0.871. The van der Waals surface area contributed by atoms with Gasteiger partial charge in [-0.2, -0.15) is 15.1 Å². The minimum absolute atomic E-state index is 0.0765. The van der Waals surface area contributed by atoms with Gasteiger partial charge in [0.1, 0.15) is 31.1 Å². The Balaban J connectivity index is 1.24. The Labute approximate surface area is 327 Å². The van der Waals surface area contributed by atoms with Gasteiger partial charge in [-0.3, -0.25) is 4.90 Å². The first-order valence-electron chi connectivity index (χ1n) is 18.7. The summed E-state index contributed by atoms with van der Waals surface area (Å²) < 4.78 is 52.7. The van der Waals surface area contributed by atoms with E-state index < -0.39 is 69.2 Å². The molecule has 5 heterocycles. The summed E-state index contributed by atoms with van der Waals surface area (Å²) in [5.74, 6) is -0.460. The van der Waals surface area contributed by atoms with E-state index in [0.717, 1.165) is 25.3 Å². The van der Waals surface area contributed by atoms with Crippen LogP contribution in [0.4, 0.5) is 10.6 Å². The van der Waals surface area contributed by atoms with Crippen LogP contribution in [-0.4, -0.2) is 133 Å². The van der Waals surface area contributed by atoms with Gasteiger partial charge in [0.2, 0.25) is 5.28 Å². The number of fused-ring (bicyclic) bond motifs is 2. The molecule has 55 heavy (non-hydrogen) atoms. The number of hydrogen-bond donors (Lipinski definition) is 1. The number of carbonyl (C=O) groups is 1. The molecule has 2 aliphatic heterocycles. The van der Waals surface area contributed by atoms with E-state index in [0.29, 0.717) is 17.6 Å². The van der Waals surface area contributed by atoms with E-state index in [4.69, 9.17) is 40.0 Å². The maximum absolute atomic E-state index is 13.9. The van der Waals surface area contributed by atoms with E-state index in [1.165, 1.54) is 4.80 Å². The van der Waals surface area contributed by atoms with Crippen LogP contribution in [0.2, 0.25) is 31.0 Å². The topological polar surface area (TPSA) is 200 Å². The SMILES string of the molecule is CC(C)(C)OC(=O)N(c1nc(Cl)nc2c1cnn2[C@@H]1O[C@H](CO[C@](CO)(Cc2nnn(COCC[Si](C)(C)C)n2)P(C)(C)=O)[C@H]2OC(C)(C)O[C@H]21)C1CCC1. The third kappa shape index (κ3) is 9.41. The number of amides is 1. The van der Waals surface area contributed by atoms with Gasteiger partial charge in [0, 0.05) is 27.1 Å². The monoisotopic (exact) mass is 827 g/mol. The van der Waals surface area contributed by atoms with E-state index in [2.05, 4.69) is 50.1 Å². The van der Waals surface area contributed by atoms with Crippen molar-refractivity contribution in [2.75, 3.05) is 38.1 Å². The Morgan fingerprint density at radius 2 is 1.87 bits per heavy atom. The van der Waals surface area contributed by atoms with Gasteiger partial charge >= 0.3 is 6.09 Å². The van der Waals surface area contributed by atoms with Gasteiger partial charge in [0.25, 0.3) is 0 Å². The highest BCUT2D eigenvalue weighted by molar-refractivity contribution is 7.63. The van der Waals surface area contributed by atoms with Gasteiger partial charge in [0.05, 0.1) is 24.8 Å². The second kappa shape index (κ2) is 15.6. The molecule has 3 aliphatic rings. The summed E-state index contributed by atoms with van der Waals surface area (Å²) in [7, 11) is -4.46. The average Bonchev–Trinajstić information content (AvgIpc) is 3.80. The number of rotatable bonds is 15. The Hall–Kier alpha value is -2.61. The lowest BCUT2D eigenvalue weighted by Gasteiger charge is -2.37. The molecule has 2 saturated heterocycles. The lowest BCUT2D eigenvalue weighted by molar-refractivity contribution is -0.206. The fourth-order valence-corrected chi connectivity index (χ4v) is 8.85. The van der Waals surface area contributed by atoms with Gasteiger partial charge in [-0.15, -0.1) is 15.0 Å². The smallest absolute Gasteiger partial charge is 0.416 e. The van der Waals surface area contributed by atoms with E-state index in [9.17, 15) is 14.5 Å². The number of hydrogen-bond acceptors (Lipinski definition) is 15. The molecule has 1 saturated carbocycles. The summed E-state index contributed by atoms with van der Waals surface area (Å²) in [6.07, 6.45) is 0.517. The second-order valence-electron chi connectivity index (χ2n) is 17.6. The molecule has 3 aromatic rings. The molecule has 6 rings (SSSR count). The largest absolute Gasteiger partial charge is 0.443 e. The van der Waals surface area contributed by atoms with Crippen LogP contribution < -0.4 is 4.90 Å². The molecule has 3 aromatic heterocycles. The van der Waals surface area contributed by atoms with Crippen molar-refractivity contribution >= 4 is 49.8 Å². The number of tetrazole rings is 1. The summed E-state index contributed by atoms with van der Waals surface area (Å²) in [5, 5.41) is 26.9. The number of carbonyl (C=O) groups excluding carboxylic acids is 1. The first-order valence-corrected chi connectivity index (χ1v) is 25.4. The molecular weight excluding hydrogens is 773 g/mol. The Morgan fingerprint density at radius 3 is 2.49 bits per heavy atom. The van der Waals surface area contributed by atoms with Crippen molar-refractivity contribution in [3.63, 3.8) is 0 Å². The highest BCUT2D eigenvalue weighted by atomic mass is 35.5. The zero-order chi connectivity index (χ0) is 40.1. The Kier molecular flexibility index (Phi) is 11.9. The molecule has 5 atom stereocenters. The molecule has 0 spiro atoms. The third-order valence-corrected chi connectivity index (χ3v) is 14.2.